The number of hydrogen-bond donors (Lipinski definition) is 0. The van der Waals surface area contributed by atoms with Crippen molar-refractivity contribution in [2.45, 2.75) is 123 Å². The Morgan fingerprint density at radius 1 is 0.979 bits per heavy atom. The smallest absolute Gasteiger partial charge is 0.219 e. The average Bonchev–Trinajstić information content (AvgIpc) is 3.58. The Morgan fingerprint density at radius 2 is 1.74 bits per heavy atom. The minimum atomic E-state index is -0.516. The quantitative estimate of drug-likeness (QED) is 0.325. The molecule has 2 aliphatic heterocycles. The molecule has 47 heavy (non-hydrogen) atoms. The van der Waals surface area contributed by atoms with Crippen LogP contribution in [0.5, 0.6) is 0 Å². The number of benzene rings is 1. The van der Waals surface area contributed by atoms with Gasteiger partial charge >= 0.3 is 0 Å². The molecule has 8 rings (SSSR count). The van der Waals surface area contributed by atoms with Crippen molar-refractivity contribution in [3.05, 3.63) is 35.4 Å². The van der Waals surface area contributed by atoms with Crippen LogP contribution in [0.4, 0.5) is 8.78 Å². The minimum absolute atomic E-state index is 0.0820. The van der Waals surface area contributed by atoms with E-state index in [9.17, 15) is 13.6 Å². The van der Waals surface area contributed by atoms with E-state index in [4.69, 9.17) is 14.2 Å². The summed E-state index contributed by atoms with van der Waals surface area (Å²) in [7, 11) is 2.03. The number of nitrogens with zero attached hydrogens (tertiary/aromatic N) is 2. The maximum atomic E-state index is 13.8. The molecule has 8 heteroatoms. The molecule has 11 unspecified atom stereocenters. The lowest BCUT2D eigenvalue weighted by molar-refractivity contribution is -0.244. The van der Waals surface area contributed by atoms with Gasteiger partial charge in [-0.3, -0.25) is 9.69 Å². The Bertz CT molecular complexity index is 1370. The number of ether oxygens (including phenoxy) is 3. The molecule has 0 bridgehead atoms. The Kier molecular flexibility index (Phi) is 7.95. The first-order valence-electron chi connectivity index (χ1n) is 18.7. The van der Waals surface area contributed by atoms with Crippen LogP contribution in [0, 0.1) is 57.0 Å². The monoisotopic (exact) mass is 654 g/mol. The van der Waals surface area contributed by atoms with Crippen molar-refractivity contribution in [2.75, 3.05) is 33.3 Å². The lowest BCUT2D eigenvalue weighted by Crippen LogP contribution is -2.56. The molecule has 2 saturated heterocycles. The maximum Gasteiger partial charge on any atom is 0.219 e. The summed E-state index contributed by atoms with van der Waals surface area (Å²) in [6, 6.07) is 3.81. The van der Waals surface area contributed by atoms with Crippen molar-refractivity contribution in [2.24, 2.45) is 45.3 Å². The summed E-state index contributed by atoms with van der Waals surface area (Å²) in [5.74, 6) is 1.92. The van der Waals surface area contributed by atoms with Gasteiger partial charge in [0.2, 0.25) is 5.91 Å². The van der Waals surface area contributed by atoms with Crippen molar-refractivity contribution in [3.63, 3.8) is 0 Å². The molecule has 0 radical (unpaired) electrons. The molecule has 1 amide bonds. The Labute approximate surface area is 280 Å². The van der Waals surface area contributed by atoms with E-state index in [-0.39, 0.29) is 29.8 Å². The summed E-state index contributed by atoms with van der Waals surface area (Å²) >= 11 is 0. The molecule has 7 aliphatic rings. The highest BCUT2D eigenvalue weighted by Crippen LogP contribution is 2.87. The zero-order valence-corrected chi connectivity index (χ0v) is 29.2. The molecule has 5 aliphatic carbocycles. The number of halogens is 2. The van der Waals surface area contributed by atoms with Crippen LogP contribution in [0.2, 0.25) is 0 Å². The molecule has 0 aromatic heterocycles. The van der Waals surface area contributed by atoms with Crippen molar-refractivity contribution in [1.82, 2.24) is 9.80 Å². The molecule has 1 aromatic carbocycles. The molecule has 2 spiro atoms. The van der Waals surface area contributed by atoms with Crippen molar-refractivity contribution in [1.29, 1.82) is 0 Å². The standard InChI is InChI=1S/C39H56F2N2O4/c1-24(44)43-14-15-45-35(22-43)47-34-10-11-39-23-38(39)13-12-37(4)30-7-6-28(21-42(5)20-25-16-26(40)18-27(41)17-25)46-32(30)19-31(37)29(38)8-9-33(39)36(34,2)3/h16-18,28-35H,6-15,19-23H2,1-5H3. The van der Waals surface area contributed by atoms with Crippen molar-refractivity contribution in [3.8, 4) is 0 Å². The van der Waals surface area contributed by atoms with Crippen LogP contribution in [0.15, 0.2) is 18.2 Å². The third-order valence-electron chi connectivity index (χ3n) is 15.3. The van der Waals surface area contributed by atoms with Crippen LogP contribution < -0.4 is 0 Å². The van der Waals surface area contributed by atoms with Crippen LogP contribution in [0.25, 0.3) is 0 Å². The molecule has 260 valence electrons. The first-order chi connectivity index (χ1) is 22.3. The number of fused-ring (bicyclic) bond motifs is 4. The summed E-state index contributed by atoms with van der Waals surface area (Å²) in [4.78, 5) is 16.1. The van der Waals surface area contributed by atoms with Crippen molar-refractivity contribution < 1.29 is 27.8 Å². The van der Waals surface area contributed by atoms with Gasteiger partial charge in [0.1, 0.15) is 11.6 Å². The van der Waals surface area contributed by atoms with Crippen LogP contribution in [-0.4, -0.2) is 73.6 Å². The summed E-state index contributed by atoms with van der Waals surface area (Å²) in [6.45, 7) is 12.2. The molecular weight excluding hydrogens is 598 g/mol. The number of morpholine rings is 1. The fourth-order valence-electron chi connectivity index (χ4n) is 13.3. The second-order valence-corrected chi connectivity index (χ2v) is 17.8. The highest BCUT2D eigenvalue weighted by atomic mass is 19.1. The largest absolute Gasteiger partial charge is 0.373 e. The highest BCUT2D eigenvalue weighted by molar-refractivity contribution is 5.73. The van der Waals surface area contributed by atoms with Crippen molar-refractivity contribution >= 4 is 5.91 Å². The maximum absolute atomic E-state index is 13.8. The number of carbonyl (C=O) groups is 1. The lowest BCUT2D eigenvalue weighted by atomic mass is 9.46. The van der Waals surface area contributed by atoms with Gasteiger partial charge in [0.15, 0.2) is 6.29 Å². The fourth-order valence-corrected chi connectivity index (χ4v) is 13.3. The van der Waals surface area contributed by atoms with Gasteiger partial charge in [0, 0.05) is 32.6 Å². The van der Waals surface area contributed by atoms with Gasteiger partial charge in [-0.25, -0.2) is 8.78 Å². The highest BCUT2D eigenvalue weighted by Gasteiger charge is 2.80. The molecule has 0 N–H and O–H groups in total. The van der Waals surface area contributed by atoms with Gasteiger partial charge in [0.05, 0.1) is 31.5 Å². The average molecular weight is 655 g/mol. The van der Waals surface area contributed by atoms with E-state index in [1.807, 2.05) is 11.9 Å². The van der Waals surface area contributed by atoms with E-state index in [1.54, 1.807) is 6.92 Å². The number of hydrogen-bond acceptors (Lipinski definition) is 5. The third-order valence-corrected chi connectivity index (χ3v) is 15.3. The first kappa shape index (κ1) is 32.6. The molecule has 7 fully saturated rings. The number of likely N-dealkylation sites (N-methyl/N-ethyl adjacent to an activating group) is 1. The third kappa shape index (κ3) is 5.16. The Hall–Kier alpha value is -1.61. The molecule has 11 atom stereocenters. The molecule has 6 nitrogen and oxygen atoms in total. The van der Waals surface area contributed by atoms with E-state index in [2.05, 4.69) is 25.7 Å². The summed E-state index contributed by atoms with van der Waals surface area (Å²) in [5, 5.41) is 0. The summed E-state index contributed by atoms with van der Waals surface area (Å²) in [5.41, 5.74) is 2.06. The fraction of sp³-hybridized carbons (Fsp3) is 0.821. The van der Waals surface area contributed by atoms with E-state index >= 15 is 0 Å². The second-order valence-electron chi connectivity index (χ2n) is 17.8. The predicted molar refractivity (Wildman–Crippen MR) is 175 cm³/mol. The molecular formula is C39H56F2N2O4. The van der Waals surface area contributed by atoms with E-state index in [0.717, 1.165) is 37.3 Å². The predicted octanol–water partition coefficient (Wildman–Crippen LogP) is 7.19. The second kappa shape index (κ2) is 11.5. The van der Waals surface area contributed by atoms with Gasteiger partial charge in [-0.15, -0.1) is 0 Å². The van der Waals surface area contributed by atoms with Crippen LogP contribution in [0.3, 0.4) is 0 Å². The van der Waals surface area contributed by atoms with Gasteiger partial charge in [-0.05, 0) is 134 Å². The Morgan fingerprint density at radius 3 is 2.51 bits per heavy atom. The number of carbonyl (C=O) groups excluding carboxylic acids is 1. The van der Waals surface area contributed by atoms with Crippen LogP contribution >= 0.6 is 0 Å². The number of amides is 1. The van der Waals surface area contributed by atoms with E-state index in [1.165, 1.54) is 63.5 Å². The van der Waals surface area contributed by atoms with Crippen LogP contribution in [0.1, 0.15) is 97.5 Å². The van der Waals surface area contributed by atoms with E-state index in [0.29, 0.717) is 66.0 Å². The number of rotatable bonds is 6. The van der Waals surface area contributed by atoms with Gasteiger partial charge in [-0.1, -0.05) is 20.8 Å². The minimum Gasteiger partial charge on any atom is -0.373 e. The molecule has 2 heterocycles. The Balaban J connectivity index is 0.926. The van der Waals surface area contributed by atoms with E-state index < -0.39 is 11.6 Å². The molecule has 5 saturated carbocycles. The normalized spacial score (nSPS) is 45.0. The van der Waals surface area contributed by atoms with Gasteiger partial charge < -0.3 is 19.1 Å². The van der Waals surface area contributed by atoms with Gasteiger partial charge in [0.25, 0.3) is 0 Å². The first-order valence-corrected chi connectivity index (χ1v) is 18.7. The van der Waals surface area contributed by atoms with Gasteiger partial charge in [-0.2, -0.15) is 0 Å². The topological polar surface area (TPSA) is 51.2 Å². The SMILES string of the molecule is CC(=O)N1CCOC(OC2CCC34CC35CCC3(C)C6CCC(CN(C)Cc7cc(F)cc(F)c7)OC6CC3C5CCC4C2(C)C)C1. The van der Waals surface area contributed by atoms with Crippen LogP contribution in [-0.2, 0) is 25.5 Å². The zero-order valence-electron chi connectivity index (χ0n) is 29.2. The summed E-state index contributed by atoms with van der Waals surface area (Å²) < 4.78 is 47.3. The zero-order chi connectivity index (χ0) is 32.9. The lowest BCUT2D eigenvalue weighted by Gasteiger charge is -2.60. The summed E-state index contributed by atoms with van der Waals surface area (Å²) in [6.07, 6.45) is 12.9. The molecule has 1 aromatic rings.